The van der Waals surface area contributed by atoms with Crippen LogP contribution in [0.4, 0.5) is 5.69 Å². The van der Waals surface area contributed by atoms with Crippen LogP contribution in [0.25, 0.3) is 0 Å². The first-order chi connectivity index (χ1) is 7.90. The Morgan fingerprint density at radius 1 is 1.06 bits per heavy atom. The molecule has 3 heteroatoms. The van der Waals surface area contributed by atoms with Crippen molar-refractivity contribution in [2.75, 3.05) is 5.32 Å². The summed E-state index contributed by atoms with van der Waals surface area (Å²) in [5, 5.41) is 3.35. The van der Waals surface area contributed by atoms with Gasteiger partial charge in [-0.2, -0.15) is 0 Å². The van der Waals surface area contributed by atoms with Gasteiger partial charge in [0.05, 0.1) is 0 Å². The van der Waals surface area contributed by atoms with Crippen LogP contribution in [0, 0.1) is 0 Å². The molecule has 2 aromatic rings. The van der Waals surface area contributed by atoms with E-state index in [0.717, 1.165) is 17.8 Å². The van der Waals surface area contributed by atoms with Gasteiger partial charge in [-0.1, -0.05) is 18.2 Å². The molecule has 1 aromatic heterocycles. The number of hydrogen-bond acceptors (Lipinski definition) is 3. The predicted molar refractivity (Wildman–Crippen MR) is 65.9 cm³/mol. The lowest BCUT2D eigenvalue weighted by atomic mass is 10.1. The van der Waals surface area contributed by atoms with E-state index in [1.807, 2.05) is 42.6 Å². The van der Waals surface area contributed by atoms with Crippen LogP contribution in [0.15, 0.2) is 48.8 Å². The molecule has 0 aliphatic carbocycles. The highest BCUT2D eigenvalue weighted by atomic mass is 14.9. The van der Waals surface area contributed by atoms with Crippen molar-refractivity contribution in [3.8, 4) is 0 Å². The zero-order valence-corrected chi connectivity index (χ0v) is 9.06. The molecule has 0 fully saturated rings. The van der Waals surface area contributed by atoms with Gasteiger partial charge in [-0.3, -0.25) is 4.98 Å². The average molecular weight is 213 g/mol. The van der Waals surface area contributed by atoms with Crippen LogP contribution in [0.3, 0.4) is 0 Å². The Bertz CT molecular complexity index is 440. The highest BCUT2D eigenvalue weighted by Gasteiger charge is 1.99. The number of hydrogen-bond donors (Lipinski definition) is 2. The maximum Gasteiger partial charge on any atom is 0.0405 e. The first kappa shape index (κ1) is 10.6. The molecule has 0 aliphatic heterocycles. The zero-order valence-electron chi connectivity index (χ0n) is 9.06. The molecule has 0 radical (unpaired) electrons. The molecule has 3 N–H and O–H groups in total. The molecule has 0 spiro atoms. The van der Waals surface area contributed by atoms with Crippen molar-refractivity contribution in [2.45, 2.75) is 13.1 Å². The summed E-state index contributed by atoms with van der Waals surface area (Å²) in [7, 11) is 0. The second-order valence-electron chi connectivity index (χ2n) is 3.57. The fourth-order valence-corrected chi connectivity index (χ4v) is 1.57. The van der Waals surface area contributed by atoms with Gasteiger partial charge in [0, 0.05) is 31.2 Å². The van der Waals surface area contributed by atoms with Crippen molar-refractivity contribution >= 4 is 5.69 Å². The molecule has 1 aromatic carbocycles. The summed E-state index contributed by atoms with van der Waals surface area (Å²) in [6.07, 6.45) is 3.61. The highest BCUT2D eigenvalue weighted by molar-refractivity contribution is 5.43. The number of pyridine rings is 1. The molecular formula is C13H15N3. The zero-order chi connectivity index (χ0) is 11.2. The predicted octanol–water partition coefficient (Wildman–Crippen LogP) is 2.15. The average Bonchev–Trinajstić information content (AvgIpc) is 2.38. The van der Waals surface area contributed by atoms with Gasteiger partial charge < -0.3 is 11.1 Å². The van der Waals surface area contributed by atoms with E-state index in [-0.39, 0.29) is 0 Å². The molecule has 0 atom stereocenters. The first-order valence-electron chi connectivity index (χ1n) is 5.31. The van der Waals surface area contributed by atoms with Gasteiger partial charge in [0.2, 0.25) is 0 Å². The van der Waals surface area contributed by atoms with Crippen LogP contribution in [0.2, 0.25) is 0 Å². The Hall–Kier alpha value is -1.87. The largest absolute Gasteiger partial charge is 0.381 e. The van der Waals surface area contributed by atoms with Crippen LogP contribution in [-0.4, -0.2) is 4.98 Å². The number of aromatic nitrogens is 1. The molecule has 1 heterocycles. The number of benzene rings is 1. The minimum absolute atomic E-state index is 0.527. The maximum atomic E-state index is 5.65. The first-order valence-corrected chi connectivity index (χ1v) is 5.31. The SMILES string of the molecule is NCc1cnccc1CNc1ccccc1. The second kappa shape index (κ2) is 5.28. The van der Waals surface area contributed by atoms with Crippen molar-refractivity contribution in [3.63, 3.8) is 0 Å². The van der Waals surface area contributed by atoms with Gasteiger partial charge in [-0.05, 0) is 29.3 Å². The summed E-state index contributed by atoms with van der Waals surface area (Å²) in [6.45, 7) is 1.30. The normalized spacial score (nSPS) is 10.1. The number of anilines is 1. The summed E-state index contributed by atoms with van der Waals surface area (Å²) in [6, 6.07) is 12.1. The Labute approximate surface area is 95.3 Å². The summed E-state index contributed by atoms with van der Waals surface area (Å²) in [5.74, 6) is 0. The van der Waals surface area contributed by atoms with E-state index < -0.39 is 0 Å². The molecule has 16 heavy (non-hydrogen) atoms. The Morgan fingerprint density at radius 3 is 2.62 bits per heavy atom. The third-order valence-electron chi connectivity index (χ3n) is 2.48. The van der Waals surface area contributed by atoms with Crippen LogP contribution < -0.4 is 11.1 Å². The molecule has 82 valence electrons. The van der Waals surface area contributed by atoms with Gasteiger partial charge in [0.15, 0.2) is 0 Å². The van der Waals surface area contributed by atoms with Crippen molar-refractivity contribution in [3.05, 3.63) is 59.9 Å². The Balaban J connectivity index is 2.05. The van der Waals surface area contributed by atoms with Crippen LogP contribution in [-0.2, 0) is 13.1 Å². The summed E-state index contributed by atoms with van der Waals surface area (Å²) in [5.41, 5.74) is 9.05. The molecular weight excluding hydrogens is 198 g/mol. The molecule has 2 rings (SSSR count). The quantitative estimate of drug-likeness (QED) is 0.818. The summed E-state index contributed by atoms with van der Waals surface area (Å²) in [4.78, 5) is 4.06. The van der Waals surface area contributed by atoms with Gasteiger partial charge in [0.25, 0.3) is 0 Å². The number of nitrogens with one attached hydrogen (secondary N) is 1. The molecule has 3 nitrogen and oxygen atoms in total. The highest BCUT2D eigenvalue weighted by Crippen LogP contribution is 2.10. The smallest absolute Gasteiger partial charge is 0.0405 e. The fraction of sp³-hybridized carbons (Fsp3) is 0.154. The lowest BCUT2D eigenvalue weighted by Gasteiger charge is -2.09. The van der Waals surface area contributed by atoms with Crippen LogP contribution in [0.1, 0.15) is 11.1 Å². The van der Waals surface area contributed by atoms with Gasteiger partial charge in [0.1, 0.15) is 0 Å². The Morgan fingerprint density at radius 2 is 1.88 bits per heavy atom. The van der Waals surface area contributed by atoms with Crippen molar-refractivity contribution in [1.29, 1.82) is 0 Å². The van der Waals surface area contributed by atoms with E-state index in [0.29, 0.717) is 6.54 Å². The third kappa shape index (κ3) is 2.58. The van der Waals surface area contributed by atoms with E-state index >= 15 is 0 Å². The number of para-hydroxylation sites is 1. The van der Waals surface area contributed by atoms with Gasteiger partial charge >= 0.3 is 0 Å². The van der Waals surface area contributed by atoms with Gasteiger partial charge in [-0.15, -0.1) is 0 Å². The molecule has 0 saturated carbocycles. The topological polar surface area (TPSA) is 50.9 Å². The molecule has 0 amide bonds. The minimum atomic E-state index is 0.527. The number of rotatable bonds is 4. The Kier molecular flexibility index (Phi) is 3.51. The number of nitrogens with two attached hydrogens (primary N) is 1. The second-order valence-corrected chi connectivity index (χ2v) is 3.57. The van der Waals surface area contributed by atoms with Crippen LogP contribution in [0.5, 0.6) is 0 Å². The molecule has 0 unspecified atom stereocenters. The van der Waals surface area contributed by atoms with E-state index in [1.54, 1.807) is 6.20 Å². The van der Waals surface area contributed by atoms with E-state index in [1.165, 1.54) is 5.56 Å². The standard InChI is InChI=1S/C13H15N3/c14-8-12-9-15-7-6-11(12)10-16-13-4-2-1-3-5-13/h1-7,9,16H,8,10,14H2. The maximum absolute atomic E-state index is 5.65. The van der Waals surface area contributed by atoms with Crippen molar-refractivity contribution in [2.24, 2.45) is 5.73 Å². The van der Waals surface area contributed by atoms with Gasteiger partial charge in [-0.25, -0.2) is 0 Å². The summed E-state index contributed by atoms with van der Waals surface area (Å²) < 4.78 is 0. The summed E-state index contributed by atoms with van der Waals surface area (Å²) >= 11 is 0. The lowest BCUT2D eigenvalue weighted by molar-refractivity contribution is 0.987. The van der Waals surface area contributed by atoms with E-state index in [2.05, 4.69) is 10.3 Å². The molecule has 0 aliphatic rings. The number of nitrogens with zero attached hydrogens (tertiary/aromatic N) is 1. The minimum Gasteiger partial charge on any atom is -0.381 e. The fourth-order valence-electron chi connectivity index (χ4n) is 1.57. The monoisotopic (exact) mass is 213 g/mol. The lowest BCUT2D eigenvalue weighted by Crippen LogP contribution is -2.06. The third-order valence-corrected chi connectivity index (χ3v) is 2.48. The van der Waals surface area contributed by atoms with Crippen molar-refractivity contribution in [1.82, 2.24) is 4.98 Å². The molecule has 0 bridgehead atoms. The molecule has 0 saturated heterocycles. The van der Waals surface area contributed by atoms with E-state index in [9.17, 15) is 0 Å². The van der Waals surface area contributed by atoms with Crippen molar-refractivity contribution < 1.29 is 0 Å². The van der Waals surface area contributed by atoms with Crippen LogP contribution >= 0.6 is 0 Å². The van der Waals surface area contributed by atoms with E-state index in [4.69, 9.17) is 5.73 Å².